The van der Waals surface area contributed by atoms with Crippen LogP contribution in [0.2, 0.25) is 10.0 Å². The van der Waals surface area contributed by atoms with Crippen LogP contribution in [0.15, 0.2) is 69.7 Å². The number of carbonyl (C=O) groups excluding carboxylic acids is 1. The summed E-state index contributed by atoms with van der Waals surface area (Å²) in [7, 11) is 0. The fourth-order valence-electron chi connectivity index (χ4n) is 2.70. The summed E-state index contributed by atoms with van der Waals surface area (Å²) in [6.07, 6.45) is 1.40. The molecule has 0 N–H and O–H groups in total. The van der Waals surface area contributed by atoms with E-state index in [1.807, 2.05) is 0 Å². The van der Waals surface area contributed by atoms with Gasteiger partial charge in [-0.05, 0) is 48.5 Å². The van der Waals surface area contributed by atoms with Gasteiger partial charge in [-0.3, -0.25) is 10.1 Å². The van der Waals surface area contributed by atoms with E-state index in [0.29, 0.717) is 10.6 Å². The van der Waals surface area contributed by atoms with Crippen LogP contribution in [0.4, 0.5) is 5.69 Å². The van der Waals surface area contributed by atoms with Gasteiger partial charge < -0.3 is 9.15 Å². The van der Waals surface area contributed by atoms with Gasteiger partial charge in [0.05, 0.1) is 10.5 Å². The Balaban J connectivity index is 1.65. The van der Waals surface area contributed by atoms with Crippen LogP contribution in [-0.2, 0) is 9.53 Å². The van der Waals surface area contributed by atoms with Gasteiger partial charge in [-0.1, -0.05) is 23.2 Å². The molecule has 2 aromatic carbocycles. The lowest BCUT2D eigenvalue weighted by molar-refractivity contribution is -0.384. The Hall–Kier alpha value is -3.42. The number of aliphatic imine (C=N–C) groups is 1. The van der Waals surface area contributed by atoms with Gasteiger partial charge in [0.1, 0.15) is 11.5 Å². The van der Waals surface area contributed by atoms with E-state index in [-0.39, 0.29) is 39.4 Å². The van der Waals surface area contributed by atoms with Crippen molar-refractivity contribution in [1.29, 1.82) is 0 Å². The van der Waals surface area contributed by atoms with Gasteiger partial charge in [-0.25, -0.2) is 9.79 Å². The largest absolute Gasteiger partial charge is 0.456 e. The first-order valence-electron chi connectivity index (χ1n) is 8.23. The van der Waals surface area contributed by atoms with Gasteiger partial charge in [0, 0.05) is 27.8 Å². The van der Waals surface area contributed by atoms with Crippen LogP contribution in [0.3, 0.4) is 0 Å². The molecule has 1 aliphatic rings. The molecule has 7 nitrogen and oxygen atoms in total. The smallest absolute Gasteiger partial charge is 0.363 e. The minimum absolute atomic E-state index is 0.0430. The van der Waals surface area contributed by atoms with E-state index < -0.39 is 10.9 Å². The highest BCUT2D eigenvalue weighted by atomic mass is 35.5. The summed E-state index contributed by atoms with van der Waals surface area (Å²) >= 11 is 11.7. The predicted octanol–water partition coefficient (Wildman–Crippen LogP) is 5.51. The molecule has 3 aromatic rings. The second-order valence-corrected chi connectivity index (χ2v) is 6.84. The Labute approximate surface area is 174 Å². The van der Waals surface area contributed by atoms with Crippen LogP contribution < -0.4 is 0 Å². The second-order valence-electron chi connectivity index (χ2n) is 5.96. The number of halogens is 2. The zero-order valence-corrected chi connectivity index (χ0v) is 16.0. The van der Waals surface area contributed by atoms with Crippen molar-refractivity contribution >= 4 is 46.8 Å². The Bertz CT molecular complexity index is 1200. The molecule has 0 spiro atoms. The van der Waals surface area contributed by atoms with E-state index in [0.717, 1.165) is 0 Å². The van der Waals surface area contributed by atoms with Crippen molar-refractivity contribution in [3.63, 3.8) is 0 Å². The van der Waals surface area contributed by atoms with Crippen molar-refractivity contribution in [1.82, 2.24) is 0 Å². The number of nitro benzene ring substituents is 1. The Kier molecular flexibility index (Phi) is 4.92. The maximum atomic E-state index is 12.1. The lowest BCUT2D eigenvalue weighted by atomic mass is 10.1. The number of hydrogen-bond donors (Lipinski definition) is 0. The monoisotopic (exact) mass is 428 g/mol. The molecule has 144 valence electrons. The summed E-state index contributed by atoms with van der Waals surface area (Å²) in [4.78, 5) is 27.0. The third-order valence-electron chi connectivity index (χ3n) is 4.04. The van der Waals surface area contributed by atoms with E-state index in [2.05, 4.69) is 4.99 Å². The number of hydrogen-bond acceptors (Lipinski definition) is 6. The van der Waals surface area contributed by atoms with E-state index >= 15 is 0 Å². The van der Waals surface area contributed by atoms with Gasteiger partial charge >= 0.3 is 5.97 Å². The van der Waals surface area contributed by atoms with Gasteiger partial charge in [-0.2, -0.15) is 0 Å². The van der Waals surface area contributed by atoms with Crippen molar-refractivity contribution in [2.24, 2.45) is 4.99 Å². The zero-order valence-electron chi connectivity index (χ0n) is 14.5. The van der Waals surface area contributed by atoms with Crippen LogP contribution in [0, 0.1) is 10.1 Å². The van der Waals surface area contributed by atoms with Crippen LogP contribution in [-0.4, -0.2) is 16.8 Å². The molecule has 0 saturated heterocycles. The Morgan fingerprint density at radius 2 is 1.72 bits per heavy atom. The van der Waals surface area contributed by atoms with E-state index in [9.17, 15) is 14.9 Å². The molecule has 1 aromatic heterocycles. The predicted molar refractivity (Wildman–Crippen MR) is 108 cm³/mol. The fourth-order valence-corrected chi connectivity index (χ4v) is 2.99. The first-order chi connectivity index (χ1) is 13.9. The number of esters is 1. The number of furan rings is 1. The summed E-state index contributed by atoms with van der Waals surface area (Å²) in [5.41, 5.74) is 0.724. The molecule has 1 aliphatic heterocycles. The van der Waals surface area contributed by atoms with Crippen molar-refractivity contribution in [2.45, 2.75) is 0 Å². The molecule has 0 bridgehead atoms. The van der Waals surface area contributed by atoms with Crippen LogP contribution in [0.5, 0.6) is 0 Å². The molecule has 0 saturated carbocycles. The number of cyclic esters (lactones) is 1. The normalized spacial score (nSPS) is 14.8. The lowest BCUT2D eigenvalue weighted by Gasteiger charge is -2.00. The second kappa shape index (κ2) is 7.54. The SMILES string of the molecule is O=C1OC(c2ccc(Cl)cc2)=NC1=Cc1ccc(-c2ccc(Cl)cc2[N+](=O)[O-])o1. The summed E-state index contributed by atoms with van der Waals surface area (Å²) in [6, 6.07) is 14.1. The van der Waals surface area contributed by atoms with Crippen LogP contribution >= 0.6 is 23.2 Å². The topological polar surface area (TPSA) is 94.9 Å². The quantitative estimate of drug-likeness (QED) is 0.236. The van der Waals surface area contributed by atoms with Gasteiger partial charge in [0.25, 0.3) is 5.69 Å². The summed E-state index contributed by atoms with van der Waals surface area (Å²) in [5.74, 6) is 0.0641. The Morgan fingerprint density at radius 3 is 2.45 bits per heavy atom. The minimum Gasteiger partial charge on any atom is -0.456 e. The van der Waals surface area contributed by atoms with Crippen LogP contribution in [0.1, 0.15) is 11.3 Å². The molecular formula is C20H10Cl2N2O5. The van der Waals surface area contributed by atoms with Crippen molar-refractivity contribution in [3.8, 4) is 11.3 Å². The van der Waals surface area contributed by atoms with Crippen LogP contribution in [0.25, 0.3) is 17.4 Å². The highest BCUT2D eigenvalue weighted by Gasteiger charge is 2.25. The van der Waals surface area contributed by atoms with E-state index in [1.54, 1.807) is 36.4 Å². The molecule has 9 heteroatoms. The van der Waals surface area contributed by atoms with Crippen molar-refractivity contribution in [2.75, 3.05) is 0 Å². The average Bonchev–Trinajstić information content (AvgIpc) is 3.29. The molecule has 0 atom stereocenters. The maximum absolute atomic E-state index is 12.1. The summed E-state index contributed by atoms with van der Waals surface area (Å²) < 4.78 is 10.8. The molecule has 0 unspecified atom stereocenters. The highest BCUT2D eigenvalue weighted by Crippen LogP contribution is 2.34. The van der Waals surface area contributed by atoms with Crippen molar-refractivity contribution in [3.05, 3.63) is 91.8 Å². The third-order valence-corrected chi connectivity index (χ3v) is 4.53. The molecular weight excluding hydrogens is 419 g/mol. The zero-order chi connectivity index (χ0) is 20.5. The number of nitrogens with zero attached hydrogens (tertiary/aromatic N) is 2. The van der Waals surface area contributed by atoms with Crippen molar-refractivity contribution < 1.29 is 18.9 Å². The molecule has 0 fully saturated rings. The number of carbonyl (C=O) groups is 1. The van der Waals surface area contributed by atoms with E-state index in [1.165, 1.54) is 24.3 Å². The molecule has 29 heavy (non-hydrogen) atoms. The molecule has 0 radical (unpaired) electrons. The number of nitro groups is 1. The number of rotatable bonds is 4. The lowest BCUT2D eigenvalue weighted by Crippen LogP contribution is -2.05. The summed E-state index contributed by atoms with van der Waals surface area (Å²) in [5, 5.41) is 12.1. The third kappa shape index (κ3) is 3.91. The fraction of sp³-hybridized carbons (Fsp3) is 0. The maximum Gasteiger partial charge on any atom is 0.363 e. The molecule has 4 rings (SSSR count). The van der Waals surface area contributed by atoms with Gasteiger partial charge in [0.15, 0.2) is 5.70 Å². The first-order valence-corrected chi connectivity index (χ1v) is 8.99. The standard InChI is InChI=1S/C20H10Cl2N2O5/c21-12-3-1-11(2-4-12)19-23-16(20(25)29-19)10-14-6-8-18(28-14)15-7-5-13(22)9-17(15)24(26)27/h1-10H. The number of benzene rings is 2. The molecule has 0 amide bonds. The Morgan fingerprint density at radius 1 is 1.00 bits per heavy atom. The van der Waals surface area contributed by atoms with E-state index in [4.69, 9.17) is 32.4 Å². The highest BCUT2D eigenvalue weighted by molar-refractivity contribution is 6.31. The minimum atomic E-state index is -0.634. The first kappa shape index (κ1) is 18.9. The van der Waals surface area contributed by atoms with Gasteiger partial charge in [-0.15, -0.1) is 0 Å². The average molecular weight is 429 g/mol. The van der Waals surface area contributed by atoms with Gasteiger partial charge in [0.2, 0.25) is 5.90 Å². The molecule has 0 aliphatic carbocycles. The number of ether oxygens (including phenoxy) is 1. The molecule has 2 heterocycles. The summed E-state index contributed by atoms with van der Waals surface area (Å²) in [6.45, 7) is 0.